The minimum absolute atomic E-state index is 0.409. The largest absolute Gasteiger partial charge is 0.492 e. The molecule has 1 aromatic carbocycles. The number of hydrogen-bond acceptors (Lipinski definition) is 4. The van der Waals surface area contributed by atoms with Gasteiger partial charge in [0, 0.05) is 11.6 Å². The topological polar surface area (TPSA) is 84.7 Å². The molecule has 0 fully saturated rings. The second kappa shape index (κ2) is 7.72. The molecular weight excluding hydrogens is 282 g/mol. The normalized spacial score (nSPS) is 12.0. The van der Waals surface area contributed by atoms with Gasteiger partial charge in [0.15, 0.2) is 0 Å². The van der Waals surface area contributed by atoms with Crippen LogP contribution in [0.5, 0.6) is 5.75 Å². The molecule has 1 atom stereocenters. The fourth-order valence-electron chi connectivity index (χ4n) is 1.46. The first-order valence-corrected chi connectivity index (χ1v) is 6.47. The highest BCUT2D eigenvalue weighted by Crippen LogP contribution is 2.15. The molecule has 0 bridgehead atoms. The van der Waals surface area contributed by atoms with Crippen LogP contribution >= 0.6 is 11.6 Å². The zero-order chi connectivity index (χ0) is 15.1. The number of hydrogen-bond donors (Lipinski definition) is 2. The number of primary amides is 1. The van der Waals surface area contributed by atoms with Gasteiger partial charge >= 0.3 is 6.03 Å². The molecule has 6 nitrogen and oxygen atoms in total. The molecule has 3 amide bonds. The van der Waals surface area contributed by atoms with Crippen molar-refractivity contribution in [2.45, 2.75) is 13.0 Å². The molecule has 0 aromatic heterocycles. The predicted molar refractivity (Wildman–Crippen MR) is 76.8 cm³/mol. The van der Waals surface area contributed by atoms with Crippen molar-refractivity contribution < 1.29 is 14.3 Å². The lowest BCUT2D eigenvalue weighted by Crippen LogP contribution is -2.47. The maximum Gasteiger partial charge on any atom is 0.318 e. The third kappa shape index (κ3) is 5.46. The third-order valence-electron chi connectivity index (χ3n) is 2.81. The number of nitrogens with one attached hydrogen (secondary N) is 1. The van der Waals surface area contributed by atoms with Crippen molar-refractivity contribution in [2.75, 3.05) is 20.2 Å². The zero-order valence-electron chi connectivity index (χ0n) is 11.4. The average molecular weight is 300 g/mol. The van der Waals surface area contributed by atoms with E-state index in [1.54, 1.807) is 43.1 Å². The average Bonchev–Trinajstić information content (AvgIpc) is 2.39. The second-order valence-corrected chi connectivity index (χ2v) is 4.75. The third-order valence-corrected chi connectivity index (χ3v) is 3.07. The van der Waals surface area contributed by atoms with Crippen molar-refractivity contribution in [3.8, 4) is 5.75 Å². The van der Waals surface area contributed by atoms with Gasteiger partial charge in [0.1, 0.15) is 12.4 Å². The van der Waals surface area contributed by atoms with Gasteiger partial charge in [0.25, 0.3) is 0 Å². The summed E-state index contributed by atoms with van der Waals surface area (Å²) in [5.74, 6) is 0.267. The molecule has 0 spiro atoms. The van der Waals surface area contributed by atoms with Gasteiger partial charge in [-0.1, -0.05) is 11.6 Å². The van der Waals surface area contributed by atoms with Gasteiger partial charge < -0.3 is 10.5 Å². The molecule has 0 heterocycles. The molecule has 0 saturated carbocycles. The number of carbonyl (C=O) groups is 2. The Morgan fingerprint density at radius 1 is 1.40 bits per heavy atom. The van der Waals surface area contributed by atoms with Crippen LogP contribution < -0.4 is 15.8 Å². The summed E-state index contributed by atoms with van der Waals surface area (Å²) in [5.41, 5.74) is 4.89. The first-order valence-electron chi connectivity index (χ1n) is 6.09. The quantitative estimate of drug-likeness (QED) is 0.827. The predicted octanol–water partition coefficient (Wildman–Crippen LogP) is 1.23. The molecule has 1 rings (SSSR count). The molecule has 1 aromatic rings. The summed E-state index contributed by atoms with van der Waals surface area (Å²) in [6.07, 6.45) is 0. The van der Waals surface area contributed by atoms with Gasteiger partial charge in [-0.25, -0.2) is 4.79 Å². The van der Waals surface area contributed by atoms with E-state index >= 15 is 0 Å². The fraction of sp³-hybridized carbons (Fsp3) is 0.385. The van der Waals surface area contributed by atoms with Gasteiger partial charge in [0.2, 0.25) is 5.91 Å². The maximum absolute atomic E-state index is 11.6. The maximum atomic E-state index is 11.6. The Morgan fingerprint density at radius 2 is 2.00 bits per heavy atom. The van der Waals surface area contributed by atoms with Crippen molar-refractivity contribution >= 4 is 23.5 Å². The number of likely N-dealkylation sites (N-methyl/N-ethyl adjacent to an activating group) is 1. The zero-order valence-corrected chi connectivity index (χ0v) is 12.2. The van der Waals surface area contributed by atoms with Crippen LogP contribution in [0.15, 0.2) is 24.3 Å². The minimum atomic E-state index is -0.854. The Morgan fingerprint density at radius 3 is 2.55 bits per heavy atom. The van der Waals surface area contributed by atoms with Crippen molar-refractivity contribution in [2.24, 2.45) is 5.73 Å². The van der Waals surface area contributed by atoms with Gasteiger partial charge in [-0.3, -0.25) is 15.0 Å². The molecule has 20 heavy (non-hydrogen) atoms. The summed E-state index contributed by atoms with van der Waals surface area (Å²) >= 11 is 5.77. The monoisotopic (exact) mass is 299 g/mol. The lowest BCUT2D eigenvalue weighted by Gasteiger charge is -2.23. The number of urea groups is 1. The number of halogens is 1. The summed E-state index contributed by atoms with van der Waals surface area (Å²) < 4.78 is 5.52. The molecule has 3 N–H and O–H groups in total. The van der Waals surface area contributed by atoms with Crippen LogP contribution in [0.2, 0.25) is 5.02 Å². The van der Waals surface area contributed by atoms with Gasteiger partial charge in [0.05, 0.1) is 6.04 Å². The van der Waals surface area contributed by atoms with Crippen LogP contribution in [-0.4, -0.2) is 43.1 Å². The van der Waals surface area contributed by atoms with E-state index < -0.39 is 18.0 Å². The first kappa shape index (κ1) is 16.3. The molecular formula is C13H18ClN3O3. The fourth-order valence-corrected chi connectivity index (χ4v) is 1.58. The standard InChI is InChI=1S/C13H18ClN3O3/c1-9(12(18)16-13(15)19)17(2)7-8-20-11-5-3-10(14)4-6-11/h3-6,9H,7-8H2,1-2H3,(H3,15,16,18,19)/t9-/m0/s1. The number of amides is 3. The summed E-state index contributed by atoms with van der Waals surface area (Å²) in [6.45, 7) is 2.61. The van der Waals surface area contributed by atoms with E-state index in [0.29, 0.717) is 23.9 Å². The number of nitrogens with zero attached hydrogens (tertiary/aromatic N) is 1. The molecule has 0 saturated heterocycles. The number of imide groups is 1. The van der Waals surface area contributed by atoms with Gasteiger partial charge in [-0.15, -0.1) is 0 Å². The van der Waals surface area contributed by atoms with Crippen LogP contribution in [0.25, 0.3) is 0 Å². The van der Waals surface area contributed by atoms with Crippen molar-refractivity contribution in [3.63, 3.8) is 0 Å². The van der Waals surface area contributed by atoms with E-state index in [0.717, 1.165) is 0 Å². The molecule has 0 aliphatic carbocycles. The Hall–Kier alpha value is -1.79. The molecule has 0 radical (unpaired) electrons. The van der Waals surface area contributed by atoms with Crippen molar-refractivity contribution in [1.82, 2.24) is 10.2 Å². The Balaban J connectivity index is 2.35. The highest BCUT2D eigenvalue weighted by molar-refractivity contribution is 6.30. The van der Waals surface area contributed by atoms with Gasteiger partial charge in [-0.05, 0) is 38.2 Å². The summed E-state index contributed by atoms with van der Waals surface area (Å²) in [5, 5.41) is 2.69. The van der Waals surface area contributed by atoms with Crippen molar-refractivity contribution in [3.05, 3.63) is 29.3 Å². The lowest BCUT2D eigenvalue weighted by atomic mass is 10.3. The SMILES string of the molecule is C[C@@H](C(=O)NC(N)=O)N(C)CCOc1ccc(Cl)cc1. The highest BCUT2D eigenvalue weighted by Gasteiger charge is 2.18. The van der Waals surface area contributed by atoms with Crippen LogP contribution in [0.3, 0.4) is 0 Å². The first-order chi connectivity index (χ1) is 9.40. The molecule has 0 aliphatic rings. The van der Waals surface area contributed by atoms with E-state index in [9.17, 15) is 9.59 Å². The second-order valence-electron chi connectivity index (χ2n) is 4.31. The van der Waals surface area contributed by atoms with Crippen LogP contribution in [0.1, 0.15) is 6.92 Å². The number of ether oxygens (including phenoxy) is 1. The minimum Gasteiger partial charge on any atom is -0.492 e. The van der Waals surface area contributed by atoms with E-state index in [-0.39, 0.29) is 0 Å². The molecule has 0 unspecified atom stereocenters. The van der Waals surface area contributed by atoms with Crippen LogP contribution in [0, 0.1) is 0 Å². The lowest BCUT2D eigenvalue weighted by molar-refractivity contribution is -0.124. The number of nitrogens with two attached hydrogens (primary N) is 1. The summed E-state index contributed by atoms with van der Waals surface area (Å²) in [4.78, 5) is 23.9. The summed E-state index contributed by atoms with van der Waals surface area (Å²) in [7, 11) is 1.76. The Bertz CT molecular complexity index is 464. The Labute approximate surface area is 122 Å². The molecule has 110 valence electrons. The number of rotatable bonds is 6. The number of benzene rings is 1. The van der Waals surface area contributed by atoms with Gasteiger partial charge in [-0.2, -0.15) is 0 Å². The van der Waals surface area contributed by atoms with E-state index in [4.69, 9.17) is 22.1 Å². The van der Waals surface area contributed by atoms with Crippen molar-refractivity contribution in [1.29, 1.82) is 0 Å². The Kier molecular flexibility index (Phi) is 6.27. The van der Waals surface area contributed by atoms with Crippen LogP contribution in [-0.2, 0) is 4.79 Å². The summed E-state index contributed by atoms with van der Waals surface area (Å²) in [6, 6.07) is 5.69. The van der Waals surface area contributed by atoms with E-state index in [2.05, 4.69) is 0 Å². The van der Waals surface area contributed by atoms with E-state index in [1.807, 2.05) is 5.32 Å². The molecule has 7 heteroatoms. The smallest absolute Gasteiger partial charge is 0.318 e. The number of carbonyl (C=O) groups excluding carboxylic acids is 2. The van der Waals surface area contributed by atoms with Crippen LogP contribution in [0.4, 0.5) is 4.79 Å². The van der Waals surface area contributed by atoms with E-state index in [1.165, 1.54) is 0 Å². The molecule has 0 aliphatic heterocycles. The highest BCUT2D eigenvalue weighted by atomic mass is 35.5.